The topological polar surface area (TPSA) is 82.0 Å². The molecule has 0 bridgehead atoms. The Hall–Kier alpha value is -3.47. The number of rotatable bonds is 8. The van der Waals surface area contributed by atoms with Gasteiger partial charge in [-0.2, -0.15) is 5.10 Å². The number of hydrogen-bond donors (Lipinski definition) is 0. The molecule has 10 heteroatoms. The maximum atomic E-state index is 14.0. The number of nitrogens with zero attached hydrogens (tertiary/aromatic N) is 5. The molecule has 0 unspecified atom stereocenters. The molecule has 5 rings (SSSR count). The van der Waals surface area contributed by atoms with Gasteiger partial charge in [-0.1, -0.05) is 29.5 Å². The lowest BCUT2D eigenvalue weighted by atomic mass is 10.2. The van der Waals surface area contributed by atoms with Crippen molar-refractivity contribution in [2.75, 3.05) is 58.5 Å². The Kier molecular flexibility index (Phi) is 7.17. The first-order chi connectivity index (χ1) is 17.6. The van der Waals surface area contributed by atoms with Crippen LogP contribution in [0.25, 0.3) is 15.9 Å². The SMILES string of the molecule is COc1ccc(OC)c2sc(N(CCN3CCOCC3)C(=O)c3cnn(-c4ccccc4)c3C)nc12. The van der Waals surface area contributed by atoms with Crippen molar-refractivity contribution in [2.24, 2.45) is 0 Å². The van der Waals surface area contributed by atoms with Gasteiger partial charge in [0.2, 0.25) is 0 Å². The number of carbonyl (C=O) groups is 1. The summed E-state index contributed by atoms with van der Waals surface area (Å²) >= 11 is 1.42. The minimum atomic E-state index is -0.139. The van der Waals surface area contributed by atoms with E-state index in [1.807, 2.05) is 49.4 Å². The van der Waals surface area contributed by atoms with Gasteiger partial charge in [-0.3, -0.25) is 14.6 Å². The molecule has 1 aliphatic rings. The number of methoxy groups -OCH3 is 2. The van der Waals surface area contributed by atoms with E-state index in [1.165, 1.54) is 11.3 Å². The number of hydrogen-bond acceptors (Lipinski definition) is 8. The Morgan fingerprint density at radius 1 is 1.08 bits per heavy atom. The third kappa shape index (κ3) is 4.67. The Morgan fingerprint density at radius 3 is 2.53 bits per heavy atom. The normalized spacial score (nSPS) is 14.2. The van der Waals surface area contributed by atoms with Crippen LogP contribution in [0.2, 0.25) is 0 Å². The standard InChI is InChI=1S/C26H29N5O4S/c1-18-20(17-27-31(18)19-7-5-4-6-8-19)25(32)30(12-11-29-13-15-35-16-14-29)26-28-23-21(33-2)9-10-22(34-3)24(23)36-26/h4-10,17H,11-16H2,1-3H3. The summed E-state index contributed by atoms with van der Waals surface area (Å²) < 4.78 is 19.2. The second-order valence-electron chi connectivity index (χ2n) is 8.45. The molecule has 4 aromatic rings. The summed E-state index contributed by atoms with van der Waals surface area (Å²) in [7, 11) is 3.24. The van der Waals surface area contributed by atoms with Crippen LogP contribution in [0.5, 0.6) is 11.5 Å². The third-order valence-electron chi connectivity index (χ3n) is 6.36. The summed E-state index contributed by atoms with van der Waals surface area (Å²) in [6, 6.07) is 13.5. The highest BCUT2D eigenvalue weighted by Crippen LogP contribution is 2.40. The smallest absolute Gasteiger partial charge is 0.263 e. The number of thiazole rings is 1. The van der Waals surface area contributed by atoms with E-state index in [0.717, 1.165) is 29.2 Å². The molecular formula is C26H29N5O4S. The highest BCUT2D eigenvalue weighted by Gasteiger charge is 2.27. The van der Waals surface area contributed by atoms with Gasteiger partial charge in [-0.15, -0.1) is 0 Å². The van der Waals surface area contributed by atoms with Crippen molar-refractivity contribution in [1.82, 2.24) is 19.7 Å². The van der Waals surface area contributed by atoms with Crippen LogP contribution >= 0.6 is 11.3 Å². The minimum Gasteiger partial charge on any atom is -0.495 e. The van der Waals surface area contributed by atoms with Crippen molar-refractivity contribution in [3.05, 3.63) is 59.9 Å². The average Bonchev–Trinajstić information content (AvgIpc) is 3.53. The molecule has 2 aromatic carbocycles. The summed E-state index contributed by atoms with van der Waals surface area (Å²) in [5, 5.41) is 5.11. The van der Waals surface area contributed by atoms with E-state index in [2.05, 4.69) is 10.00 Å². The summed E-state index contributed by atoms with van der Waals surface area (Å²) in [6.45, 7) is 6.20. The number of anilines is 1. The molecule has 3 heterocycles. The van der Waals surface area contributed by atoms with E-state index in [9.17, 15) is 4.79 Å². The van der Waals surface area contributed by atoms with Crippen molar-refractivity contribution >= 4 is 32.6 Å². The number of benzene rings is 2. The zero-order valence-electron chi connectivity index (χ0n) is 20.6. The van der Waals surface area contributed by atoms with Crippen molar-refractivity contribution in [2.45, 2.75) is 6.92 Å². The van der Waals surface area contributed by atoms with Crippen LogP contribution in [-0.2, 0) is 4.74 Å². The fourth-order valence-electron chi connectivity index (χ4n) is 4.33. The lowest BCUT2D eigenvalue weighted by Crippen LogP contribution is -2.43. The maximum Gasteiger partial charge on any atom is 0.263 e. The molecule has 1 fully saturated rings. The highest BCUT2D eigenvalue weighted by molar-refractivity contribution is 7.22. The van der Waals surface area contributed by atoms with Gasteiger partial charge in [0, 0.05) is 26.2 Å². The van der Waals surface area contributed by atoms with Crippen LogP contribution in [-0.4, -0.2) is 79.2 Å². The first-order valence-electron chi connectivity index (χ1n) is 11.8. The van der Waals surface area contributed by atoms with E-state index in [0.29, 0.717) is 54.0 Å². The van der Waals surface area contributed by atoms with E-state index < -0.39 is 0 Å². The Labute approximate surface area is 213 Å². The van der Waals surface area contributed by atoms with Gasteiger partial charge in [0.05, 0.1) is 50.6 Å². The monoisotopic (exact) mass is 507 g/mol. The zero-order valence-corrected chi connectivity index (χ0v) is 21.5. The molecule has 1 aliphatic heterocycles. The lowest BCUT2D eigenvalue weighted by Gasteiger charge is -2.29. The van der Waals surface area contributed by atoms with Crippen LogP contribution in [0.1, 0.15) is 16.1 Å². The fraction of sp³-hybridized carbons (Fsp3) is 0.346. The highest BCUT2D eigenvalue weighted by atomic mass is 32.1. The number of morpholine rings is 1. The van der Waals surface area contributed by atoms with Crippen molar-refractivity contribution in [3.63, 3.8) is 0 Å². The van der Waals surface area contributed by atoms with E-state index in [4.69, 9.17) is 19.2 Å². The van der Waals surface area contributed by atoms with Crippen LogP contribution in [0.4, 0.5) is 5.13 Å². The molecule has 188 valence electrons. The number of ether oxygens (including phenoxy) is 3. The predicted octanol–water partition coefficient (Wildman–Crippen LogP) is 3.79. The molecule has 0 N–H and O–H groups in total. The lowest BCUT2D eigenvalue weighted by molar-refractivity contribution is 0.0391. The summed E-state index contributed by atoms with van der Waals surface area (Å²) in [5.41, 5.74) is 2.90. The van der Waals surface area contributed by atoms with Crippen LogP contribution in [0, 0.1) is 6.92 Å². The largest absolute Gasteiger partial charge is 0.495 e. The maximum absolute atomic E-state index is 14.0. The molecule has 0 atom stereocenters. The Balaban J connectivity index is 1.53. The molecule has 0 spiro atoms. The minimum absolute atomic E-state index is 0.139. The van der Waals surface area contributed by atoms with Gasteiger partial charge in [-0.25, -0.2) is 9.67 Å². The third-order valence-corrected chi connectivity index (χ3v) is 7.45. The second-order valence-corrected chi connectivity index (χ2v) is 9.42. The number of amides is 1. The van der Waals surface area contributed by atoms with Crippen LogP contribution in [0.3, 0.4) is 0 Å². The molecule has 0 saturated carbocycles. The first kappa shape index (κ1) is 24.2. The van der Waals surface area contributed by atoms with E-state index >= 15 is 0 Å². The number of para-hydroxylation sites is 1. The Morgan fingerprint density at radius 2 is 1.81 bits per heavy atom. The molecule has 9 nitrogen and oxygen atoms in total. The summed E-state index contributed by atoms with van der Waals surface area (Å²) in [4.78, 5) is 22.9. The van der Waals surface area contributed by atoms with Crippen LogP contribution in [0.15, 0.2) is 48.7 Å². The average molecular weight is 508 g/mol. The quantitative estimate of drug-likeness (QED) is 0.359. The van der Waals surface area contributed by atoms with E-state index in [-0.39, 0.29) is 5.91 Å². The molecule has 0 aliphatic carbocycles. The van der Waals surface area contributed by atoms with Gasteiger partial charge in [0.25, 0.3) is 5.91 Å². The predicted molar refractivity (Wildman–Crippen MR) is 140 cm³/mol. The van der Waals surface area contributed by atoms with Crippen LogP contribution < -0.4 is 14.4 Å². The molecule has 2 aromatic heterocycles. The molecular weight excluding hydrogens is 478 g/mol. The van der Waals surface area contributed by atoms with Gasteiger partial charge < -0.3 is 14.2 Å². The van der Waals surface area contributed by atoms with Crippen molar-refractivity contribution < 1.29 is 19.0 Å². The zero-order chi connectivity index (χ0) is 25.1. The number of fused-ring (bicyclic) bond motifs is 1. The molecule has 1 amide bonds. The summed E-state index contributed by atoms with van der Waals surface area (Å²) in [6.07, 6.45) is 1.64. The van der Waals surface area contributed by atoms with Gasteiger partial charge in [0.15, 0.2) is 5.13 Å². The number of carbonyl (C=O) groups excluding carboxylic acids is 1. The van der Waals surface area contributed by atoms with Gasteiger partial charge in [-0.05, 0) is 31.2 Å². The van der Waals surface area contributed by atoms with Gasteiger partial charge in [0.1, 0.15) is 21.7 Å². The molecule has 0 radical (unpaired) electrons. The van der Waals surface area contributed by atoms with E-state index in [1.54, 1.807) is 30.0 Å². The Bertz CT molecular complexity index is 1310. The number of aromatic nitrogens is 3. The fourth-order valence-corrected chi connectivity index (χ4v) is 5.43. The van der Waals surface area contributed by atoms with Gasteiger partial charge >= 0.3 is 0 Å². The first-order valence-corrected chi connectivity index (χ1v) is 12.7. The van der Waals surface area contributed by atoms with Crippen molar-refractivity contribution in [1.29, 1.82) is 0 Å². The van der Waals surface area contributed by atoms with Crippen molar-refractivity contribution in [3.8, 4) is 17.2 Å². The second kappa shape index (κ2) is 10.7. The summed E-state index contributed by atoms with van der Waals surface area (Å²) in [5.74, 6) is 1.20. The molecule has 1 saturated heterocycles. The molecule has 36 heavy (non-hydrogen) atoms.